The molecular weight excluding hydrogens is 1060 g/mol. The lowest BCUT2D eigenvalue weighted by atomic mass is 9.66. The molecule has 10 rings (SSSR count). The molecule has 1 atom stereocenters. The Labute approximate surface area is 519 Å². The Kier molecular flexibility index (Phi) is 17.5. The first-order valence-electron chi connectivity index (χ1n) is 31.4. The molecule has 0 N–H and O–H groups in total. The van der Waals surface area contributed by atoms with Crippen LogP contribution in [0.15, 0.2) is 170 Å². The topological polar surface area (TPSA) is 59.1 Å². The van der Waals surface area contributed by atoms with Crippen molar-refractivity contribution in [2.45, 2.75) is 153 Å². The Morgan fingerprint density at radius 1 is 0.448 bits per heavy atom. The quantitative estimate of drug-likeness (QED) is 0.0485. The average Bonchev–Trinajstić information content (AvgIpc) is 1.63. The maximum atomic E-state index is 14.2. The van der Waals surface area contributed by atoms with Crippen LogP contribution < -0.4 is 14.5 Å². The molecule has 0 saturated heterocycles. The third-order valence-corrected chi connectivity index (χ3v) is 17.8. The SMILES string of the molecule is CCCCCCOc1ccc(C2(c3ccc(C)c(C(C)=O)c3)c3cc(C)ccc3-c3ccc(-c4ccc(N(c5ccc(N(c6ccc(C)cc6)c6c(C)cc(C(C)(C)C)cc6C)cc5)c5c(C)cc(C(C)(C)C)cc5C)cc4)cc32)cc1C(=O)OCC. The summed E-state index contributed by atoms with van der Waals surface area (Å²) in [7, 11) is 0. The minimum atomic E-state index is -0.953. The number of rotatable bonds is 18. The first kappa shape index (κ1) is 61.6. The Morgan fingerprint density at radius 2 is 0.897 bits per heavy atom. The number of fused-ring (bicyclic) bond motifs is 3. The van der Waals surface area contributed by atoms with E-state index in [0.717, 1.165) is 110 Å². The van der Waals surface area contributed by atoms with Gasteiger partial charge in [0.05, 0.1) is 30.0 Å². The van der Waals surface area contributed by atoms with Crippen LogP contribution in [0, 0.1) is 48.5 Å². The number of aryl methyl sites for hydroxylation is 7. The van der Waals surface area contributed by atoms with E-state index in [0.29, 0.717) is 23.5 Å². The molecule has 1 unspecified atom stereocenters. The molecule has 6 heteroatoms. The van der Waals surface area contributed by atoms with Crippen LogP contribution in [-0.2, 0) is 21.0 Å². The highest BCUT2D eigenvalue weighted by Crippen LogP contribution is 2.58. The van der Waals surface area contributed by atoms with Crippen molar-refractivity contribution in [3.05, 3.63) is 253 Å². The number of hydrogen-bond acceptors (Lipinski definition) is 6. The molecule has 0 fully saturated rings. The van der Waals surface area contributed by atoms with E-state index < -0.39 is 11.4 Å². The Hall–Kier alpha value is -8.48. The monoisotopic (exact) mass is 1150 g/mol. The molecule has 0 saturated carbocycles. The fourth-order valence-electron chi connectivity index (χ4n) is 13.2. The number of benzene rings is 9. The van der Waals surface area contributed by atoms with Crippen LogP contribution >= 0.6 is 0 Å². The number of hydrogen-bond donors (Lipinski definition) is 0. The predicted molar refractivity (Wildman–Crippen MR) is 365 cm³/mol. The number of ether oxygens (including phenoxy) is 2. The lowest BCUT2D eigenvalue weighted by molar-refractivity contribution is 0.0521. The zero-order valence-corrected chi connectivity index (χ0v) is 54.4. The zero-order valence-electron chi connectivity index (χ0n) is 54.4. The average molecular weight is 1150 g/mol. The van der Waals surface area contributed by atoms with Gasteiger partial charge in [-0.3, -0.25) is 4.79 Å². The molecule has 0 radical (unpaired) electrons. The van der Waals surface area contributed by atoms with Crippen LogP contribution in [0.25, 0.3) is 22.3 Å². The molecule has 0 bridgehead atoms. The van der Waals surface area contributed by atoms with Crippen molar-refractivity contribution in [1.29, 1.82) is 0 Å². The highest BCUT2D eigenvalue weighted by atomic mass is 16.5. The minimum Gasteiger partial charge on any atom is -0.493 e. The van der Waals surface area contributed by atoms with Gasteiger partial charge >= 0.3 is 5.97 Å². The maximum Gasteiger partial charge on any atom is 0.341 e. The summed E-state index contributed by atoms with van der Waals surface area (Å²) in [6.07, 6.45) is 4.18. The summed E-state index contributed by atoms with van der Waals surface area (Å²) in [4.78, 5) is 32.6. The molecule has 0 aromatic heterocycles. The summed E-state index contributed by atoms with van der Waals surface area (Å²) >= 11 is 0. The van der Waals surface area contributed by atoms with Crippen LogP contribution in [0.4, 0.5) is 34.1 Å². The lowest BCUT2D eigenvalue weighted by Crippen LogP contribution is -2.30. The predicted octanol–water partition coefficient (Wildman–Crippen LogP) is 21.7. The fourth-order valence-corrected chi connectivity index (χ4v) is 13.2. The third kappa shape index (κ3) is 12.1. The summed E-state index contributed by atoms with van der Waals surface area (Å²) in [5.74, 6) is 0.0714. The van der Waals surface area contributed by atoms with E-state index in [-0.39, 0.29) is 23.2 Å². The van der Waals surface area contributed by atoms with Gasteiger partial charge in [-0.05, 0) is 236 Å². The van der Waals surface area contributed by atoms with Gasteiger partial charge < -0.3 is 19.3 Å². The molecule has 0 spiro atoms. The normalized spacial score (nSPS) is 13.7. The van der Waals surface area contributed by atoms with Crippen molar-refractivity contribution in [3.63, 3.8) is 0 Å². The van der Waals surface area contributed by atoms with Crippen molar-refractivity contribution in [2.75, 3.05) is 23.0 Å². The summed E-state index contributed by atoms with van der Waals surface area (Å²) < 4.78 is 12.2. The lowest BCUT2D eigenvalue weighted by Gasteiger charge is -2.35. The van der Waals surface area contributed by atoms with E-state index >= 15 is 0 Å². The zero-order chi connectivity index (χ0) is 62.3. The van der Waals surface area contributed by atoms with E-state index in [1.807, 2.05) is 26.0 Å². The molecular formula is C81H88N2O4. The molecule has 9 aromatic rings. The highest BCUT2D eigenvalue weighted by Gasteiger charge is 2.47. The molecule has 6 nitrogen and oxygen atoms in total. The largest absolute Gasteiger partial charge is 0.493 e. The van der Waals surface area contributed by atoms with E-state index in [9.17, 15) is 9.59 Å². The smallest absolute Gasteiger partial charge is 0.341 e. The van der Waals surface area contributed by atoms with Crippen LogP contribution in [0.5, 0.6) is 5.75 Å². The summed E-state index contributed by atoms with van der Waals surface area (Å²) in [6.45, 7) is 35.3. The highest BCUT2D eigenvalue weighted by molar-refractivity contribution is 5.98. The third-order valence-electron chi connectivity index (χ3n) is 17.8. The first-order valence-corrected chi connectivity index (χ1v) is 31.4. The van der Waals surface area contributed by atoms with Gasteiger partial charge in [0, 0.05) is 28.3 Å². The number of nitrogens with zero attached hydrogens (tertiary/aromatic N) is 2. The van der Waals surface area contributed by atoms with E-state index in [4.69, 9.17) is 9.47 Å². The molecule has 0 heterocycles. The standard InChI is InChI=1S/C81H88N2O4/c1-17-19-20-21-42-87-75-41-30-62(50-72(75)78(85)86-18-2)81(61-29-25-53(5)71(49-61)58(10)84)73-43-52(4)24-39-69(73)70-40-28-60(48-74(70)81)59-26-33-66(34-27-59)83(77-56(8)46-64(47-57(77)9)80(14,15)16)68-37-35-67(36-38-68)82(65-31-22-51(3)23-32-65)76-54(6)44-63(45-55(76)7)79(11,12)13/h22-41,43-50H,17-21,42H2,1-16H3. The van der Waals surface area contributed by atoms with Gasteiger partial charge in [-0.2, -0.15) is 0 Å². The van der Waals surface area contributed by atoms with Gasteiger partial charge in [0.2, 0.25) is 0 Å². The number of anilines is 6. The van der Waals surface area contributed by atoms with Crippen LogP contribution in [-0.4, -0.2) is 25.0 Å². The van der Waals surface area contributed by atoms with Gasteiger partial charge in [0.25, 0.3) is 0 Å². The molecule has 87 heavy (non-hydrogen) atoms. The van der Waals surface area contributed by atoms with Crippen molar-refractivity contribution in [1.82, 2.24) is 0 Å². The molecule has 0 amide bonds. The van der Waals surface area contributed by atoms with Crippen LogP contribution in [0.3, 0.4) is 0 Å². The van der Waals surface area contributed by atoms with E-state index in [1.54, 1.807) is 6.92 Å². The summed E-state index contributed by atoms with van der Waals surface area (Å²) in [6, 6.07) is 62.3. The molecule has 1 aliphatic carbocycles. The molecule has 1 aliphatic rings. The number of ketones is 1. The second-order valence-electron chi connectivity index (χ2n) is 26.5. The molecule has 0 aliphatic heterocycles. The number of carbonyl (C=O) groups is 2. The van der Waals surface area contributed by atoms with Gasteiger partial charge in [-0.1, -0.05) is 176 Å². The van der Waals surface area contributed by atoms with Crippen molar-refractivity contribution < 1.29 is 19.1 Å². The van der Waals surface area contributed by atoms with Crippen molar-refractivity contribution in [2.24, 2.45) is 0 Å². The summed E-state index contributed by atoms with van der Waals surface area (Å²) in [5, 5.41) is 0. The maximum absolute atomic E-state index is 14.2. The minimum absolute atomic E-state index is 0.00290. The van der Waals surface area contributed by atoms with Crippen LogP contribution in [0.1, 0.15) is 181 Å². The Morgan fingerprint density at radius 3 is 1.39 bits per heavy atom. The second-order valence-corrected chi connectivity index (χ2v) is 26.5. The van der Waals surface area contributed by atoms with E-state index in [1.165, 1.54) is 44.6 Å². The van der Waals surface area contributed by atoms with Gasteiger partial charge in [-0.25, -0.2) is 4.79 Å². The van der Waals surface area contributed by atoms with Crippen molar-refractivity contribution in [3.8, 4) is 28.0 Å². The van der Waals surface area contributed by atoms with Crippen molar-refractivity contribution >= 4 is 45.9 Å². The van der Waals surface area contributed by atoms with Gasteiger partial charge in [-0.15, -0.1) is 0 Å². The number of unbranched alkanes of at least 4 members (excludes halogenated alkanes) is 3. The van der Waals surface area contributed by atoms with Crippen LogP contribution in [0.2, 0.25) is 0 Å². The fraction of sp³-hybridized carbons (Fsp3) is 0.309. The molecule has 446 valence electrons. The first-order chi connectivity index (χ1) is 41.4. The Balaban J connectivity index is 1.13. The number of carbonyl (C=O) groups excluding carboxylic acids is 2. The number of esters is 1. The number of Topliss-reactive ketones (excluding diaryl/α,β-unsaturated/α-hetero) is 1. The second kappa shape index (κ2) is 24.7. The van der Waals surface area contributed by atoms with Gasteiger partial charge in [0.15, 0.2) is 5.78 Å². The molecule has 9 aromatic carbocycles. The van der Waals surface area contributed by atoms with Gasteiger partial charge in [0.1, 0.15) is 11.3 Å². The van der Waals surface area contributed by atoms with E-state index in [2.05, 4.69) is 258 Å². The Bertz CT molecular complexity index is 4000. The summed E-state index contributed by atoms with van der Waals surface area (Å²) in [5.41, 5.74) is 25.7.